The molecule has 1 unspecified atom stereocenters. The Balaban J connectivity index is 1.98. The SMILES string of the molecule is CC(CC1CC1)Nc1cc(Br)ccc1Cl. The minimum absolute atomic E-state index is 0.504. The van der Waals surface area contributed by atoms with Crippen molar-refractivity contribution in [2.75, 3.05) is 5.32 Å². The van der Waals surface area contributed by atoms with Gasteiger partial charge < -0.3 is 5.32 Å². The van der Waals surface area contributed by atoms with Crippen molar-refractivity contribution in [3.05, 3.63) is 27.7 Å². The topological polar surface area (TPSA) is 12.0 Å². The number of rotatable bonds is 4. The Morgan fingerprint density at radius 1 is 1.53 bits per heavy atom. The van der Waals surface area contributed by atoms with E-state index in [2.05, 4.69) is 28.2 Å². The zero-order valence-electron chi connectivity index (χ0n) is 8.76. The van der Waals surface area contributed by atoms with E-state index in [0.29, 0.717) is 6.04 Å². The molecule has 82 valence electrons. The standard InChI is InChI=1S/C12H15BrClN/c1-8(6-9-2-3-9)15-12-7-10(13)4-5-11(12)14/h4-5,7-9,15H,2-3,6H2,1H3. The van der Waals surface area contributed by atoms with Gasteiger partial charge in [0.2, 0.25) is 0 Å². The lowest BCUT2D eigenvalue weighted by Crippen LogP contribution is -2.15. The molecule has 0 aliphatic heterocycles. The highest BCUT2D eigenvalue weighted by Crippen LogP contribution is 2.35. The highest BCUT2D eigenvalue weighted by Gasteiger charge is 2.23. The third-order valence-electron chi connectivity index (χ3n) is 2.71. The molecule has 0 amide bonds. The highest BCUT2D eigenvalue weighted by molar-refractivity contribution is 9.10. The average Bonchev–Trinajstić information content (AvgIpc) is 2.95. The molecule has 15 heavy (non-hydrogen) atoms. The Kier molecular flexibility index (Phi) is 3.57. The maximum absolute atomic E-state index is 6.11. The van der Waals surface area contributed by atoms with Crippen molar-refractivity contribution in [2.45, 2.75) is 32.2 Å². The third-order valence-corrected chi connectivity index (χ3v) is 3.54. The molecule has 1 aromatic carbocycles. The van der Waals surface area contributed by atoms with Crippen LogP contribution in [0.3, 0.4) is 0 Å². The molecule has 2 rings (SSSR count). The summed E-state index contributed by atoms with van der Waals surface area (Å²) >= 11 is 9.56. The number of benzene rings is 1. The Morgan fingerprint density at radius 3 is 2.93 bits per heavy atom. The normalized spacial score (nSPS) is 17.5. The van der Waals surface area contributed by atoms with Gasteiger partial charge in [0.05, 0.1) is 10.7 Å². The lowest BCUT2D eigenvalue weighted by atomic mass is 10.1. The fourth-order valence-corrected chi connectivity index (χ4v) is 2.32. The van der Waals surface area contributed by atoms with Crippen molar-refractivity contribution in [1.29, 1.82) is 0 Å². The molecular formula is C12H15BrClN. The van der Waals surface area contributed by atoms with E-state index in [1.54, 1.807) is 0 Å². The predicted octanol–water partition coefficient (Wildman–Crippen LogP) is 4.70. The lowest BCUT2D eigenvalue weighted by molar-refractivity contribution is 0.642. The fourth-order valence-electron chi connectivity index (χ4n) is 1.79. The maximum Gasteiger partial charge on any atom is 0.0638 e. The quantitative estimate of drug-likeness (QED) is 0.846. The Morgan fingerprint density at radius 2 is 2.27 bits per heavy atom. The monoisotopic (exact) mass is 287 g/mol. The maximum atomic E-state index is 6.11. The van der Waals surface area contributed by atoms with Crippen molar-refractivity contribution in [2.24, 2.45) is 5.92 Å². The van der Waals surface area contributed by atoms with Gasteiger partial charge in [-0.2, -0.15) is 0 Å². The van der Waals surface area contributed by atoms with Crippen molar-refractivity contribution in [1.82, 2.24) is 0 Å². The van der Waals surface area contributed by atoms with Crippen molar-refractivity contribution in [3.63, 3.8) is 0 Å². The summed E-state index contributed by atoms with van der Waals surface area (Å²) in [6, 6.07) is 6.41. The molecule has 0 aromatic heterocycles. The molecule has 1 aliphatic carbocycles. The van der Waals surface area contributed by atoms with Gasteiger partial charge in [-0.1, -0.05) is 40.4 Å². The third kappa shape index (κ3) is 3.39. The van der Waals surface area contributed by atoms with Crippen LogP contribution in [0.2, 0.25) is 5.02 Å². The minimum Gasteiger partial charge on any atom is -0.381 e. The van der Waals surface area contributed by atoms with Gasteiger partial charge in [0.15, 0.2) is 0 Å². The second-order valence-electron chi connectivity index (χ2n) is 4.35. The van der Waals surface area contributed by atoms with E-state index >= 15 is 0 Å². The summed E-state index contributed by atoms with van der Waals surface area (Å²) in [5.74, 6) is 0.943. The van der Waals surface area contributed by atoms with Crippen molar-refractivity contribution in [3.8, 4) is 0 Å². The second kappa shape index (κ2) is 4.75. The van der Waals surface area contributed by atoms with Gasteiger partial charge in [-0.3, -0.25) is 0 Å². The van der Waals surface area contributed by atoms with E-state index in [1.807, 2.05) is 18.2 Å². The fraction of sp³-hybridized carbons (Fsp3) is 0.500. The first-order valence-corrected chi connectivity index (χ1v) is 6.54. The number of hydrogen-bond acceptors (Lipinski definition) is 1. The lowest BCUT2D eigenvalue weighted by Gasteiger charge is -2.16. The molecule has 0 bridgehead atoms. The zero-order chi connectivity index (χ0) is 10.8. The van der Waals surface area contributed by atoms with Crippen LogP contribution in [0, 0.1) is 5.92 Å². The molecule has 1 aromatic rings. The van der Waals surface area contributed by atoms with Crippen LogP contribution in [0.15, 0.2) is 22.7 Å². The highest BCUT2D eigenvalue weighted by atomic mass is 79.9. The molecule has 0 spiro atoms. The summed E-state index contributed by atoms with van der Waals surface area (Å²) in [6.45, 7) is 2.22. The van der Waals surface area contributed by atoms with E-state index in [4.69, 9.17) is 11.6 Å². The zero-order valence-corrected chi connectivity index (χ0v) is 11.1. The molecule has 0 radical (unpaired) electrons. The van der Waals surface area contributed by atoms with Crippen LogP contribution >= 0.6 is 27.5 Å². The minimum atomic E-state index is 0.504. The first-order valence-electron chi connectivity index (χ1n) is 5.37. The molecule has 1 fully saturated rings. The number of anilines is 1. The Labute approximate surface area is 104 Å². The Hall–Kier alpha value is -0.210. The Bertz CT molecular complexity index is 349. The van der Waals surface area contributed by atoms with Crippen molar-refractivity contribution >= 4 is 33.2 Å². The molecule has 1 saturated carbocycles. The van der Waals surface area contributed by atoms with E-state index in [1.165, 1.54) is 19.3 Å². The largest absolute Gasteiger partial charge is 0.381 e. The van der Waals surface area contributed by atoms with Crippen LogP contribution in [0.5, 0.6) is 0 Å². The summed E-state index contributed by atoms with van der Waals surface area (Å²) in [6.07, 6.45) is 4.05. The summed E-state index contributed by atoms with van der Waals surface area (Å²) in [5, 5.41) is 4.25. The van der Waals surface area contributed by atoms with Crippen molar-refractivity contribution < 1.29 is 0 Å². The van der Waals surface area contributed by atoms with Crippen LogP contribution in [-0.4, -0.2) is 6.04 Å². The molecule has 0 saturated heterocycles. The van der Waals surface area contributed by atoms with Gasteiger partial charge in [-0.05, 0) is 37.5 Å². The van der Waals surface area contributed by atoms with Gasteiger partial charge in [0.1, 0.15) is 0 Å². The van der Waals surface area contributed by atoms with Gasteiger partial charge in [0.25, 0.3) is 0 Å². The van der Waals surface area contributed by atoms with E-state index < -0.39 is 0 Å². The molecule has 3 heteroatoms. The first kappa shape index (κ1) is 11.3. The van der Waals surface area contributed by atoms with Gasteiger partial charge in [0, 0.05) is 10.5 Å². The van der Waals surface area contributed by atoms with Gasteiger partial charge in [-0.15, -0.1) is 0 Å². The van der Waals surface area contributed by atoms with Crippen LogP contribution in [-0.2, 0) is 0 Å². The number of hydrogen-bond donors (Lipinski definition) is 1. The summed E-state index contributed by atoms with van der Waals surface area (Å²) in [7, 11) is 0. The predicted molar refractivity (Wildman–Crippen MR) is 69.6 cm³/mol. The van der Waals surface area contributed by atoms with Crippen LogP contribution in [0.25, 0.3) is 0 Å². The van der Waals surface area contributed by atoms with E-state index in [0.717, 1.165) is 21.1 Å². The molecular weight excluding hydrogens is 273 g/mol. The summed E-state index contributed by atoms with van der Waals surface area (Å²) < 4.78 is 1.06. The smallest absolute Gasteiger partial charge is 0.0638 e. The molecule has 1 atom stereocenters. The van der Waals surface area contributed by atoms with Crippen LogP contribution in [0.4, 0.5) is 5.69 Å². The number of nitrogens with one attached hydrogen (secondary N) is 1. The molecule has 1 aliphatic rings. The van der Waals surface area contributed by atoms with Crippen LogP contribution < -0.4 is 5.32 Å². The first-order chi connectivity index (χ1) is 7.15. The summed E-state index contributed by atoms with van der Waals surface area (Å²) in [4.78, 5) is 0. The van der Waals surface area contributed by atoms with E-state index in [-0.39, 0.29) is 0 Å². The van der Waals surface area contributed by atoms with E-state index in [9.17, 15) is 0 Å². The molecule has 0 heterocycles. The van der Waals surface area contributed by atoms with Crippen LogP contribution in [0.1, 0.15) is 26.2 Å². The average molecular weight is 289 g/mol. The molecule has 1 nitrogen and oxygen atoms in total. The number of halogens is 2. The second-order valence-corrected chi connectivity index (χ2v) is 5.67. The van der Waals surface area contributed by atoms with Gasteiger partial charge >= 0.3 is 0 Å². The van der Waals surface area contributed by atoms with Gasteiger partial charge in [-0.25, -0.2) is 0 Å². The summed E-state index contributed by atoms with van der Waals surface area (Å²) in [5.41, 5.74) is 1.03. The molecule has 1 N–H and O–H groups in total.